The fraction of sp³-hybridized carbons (Fsp3) is 1.00. The molecule has 0 amide bonds. The van der Waals surface area contributed by atoms with Gasteiger partial charge in [0.05, 0.1) is 0 Å². The molecule has 0 aromatic heterocycles. The smallest absolute Gasteiger partial charge is 0.401 e. The third-order valence-electron chi connectivity index (χ3n) is 1.09. The molecule has 0 fully saturated rings. The van der Waals surface area contributed by atoms with Gasteiger partial charge in [0.15, 0.2) is 5.92 Å². The van der Waals surface area contributed by atoms with Crippen molar-refractivity contribution in [3.05, 3.63) is 0 Å². The fourth-order valence-corrected chi connectivity index (χ4v) is 1.16. The Morgan fingerprint density at radius 2 is 1.38 bits per heavy atom. The van der Waals surface area contributed by atoms with E-state index < -0.39 is 35.1 Å². The largest absolute Gasteiger partial charge is 0.772 e. The summed E-state index contributed by atoms with van der Waals surface area (Å²) in [6.07, 6.45) is -11.2. The Hall–Kier alpha value is -0.310. The summed E-state index contributed by atoms with van der Waals surface area (Å²) in [4.78, 5) is 0. The molecule has 0 spiro atoms. The molecule has 9 heteroatoms. The van der Waals surface area contributed by atoms with E-state index in [1.54, 1.807) is 0 Å². The zero-order valence-corrected chi connectivity index (χ0v) is 6.59. The van der Waals surface area contributed by atoms with Crippen molar-refractivity contribution in [3.8, 4) is 0 Å². The first-order chi connectivity index (χ1) is 5.55. The number of halogens is 6. The first-order valence-corrected chi connectivity index (χ1v) is 3.99. The quantitative estimate of drug-likeness (QED) is 0.533. The topological polar surface area (TPSA) is 40.1 Å². The van der Waals surface area contributed by atoms with Crippen LogP contribution in [0, 0.1) is 5.92 Å². The second-order valence-electron chi connectivity index (χ2n) is 2.11. The summed E-state index contributed by atoms with van der Waals surface area (Å²) in [5.41, 5.74) is 0. The Morgan fingerprint density at radius 1 is 1.08 bits per heavy atom. The minimum atomic E-state index is -5.58. The maximum atomic E-state index is 11.6. The highest BCUT2D eigenvalue weighted by Crippen LogP contribution is 2.39. The molecular formula is C4H3F6O2S-. The van der Waals surface area contributed by atoms with Gasteiger partial charge in [-0.2, -0.15) is 26.3 Å². The van der Waals surface area contributed by atoms with Crippen molar-refractivity contribution in [2.75, 3.05) is 5.75 Å². The van der Waals surface area contributed by atoms with Gasteiger partial charge in [-0.3, -0.25) is 4.21 Å². The summed E-state index contributed by atoms with van der Waals surface area (Å²) in [5.74, 6) is -5.80. The molecule has 0 bridgehead atoms. The van der Waals surface area contributed by atoms with Crippen LogP contribution in [0.5, 0.6) is 0 Å². The van der Waals surface area contributed by atoms with Crippen molar-refractivity contribution in [1.82, 2.24) is 0 Å². The zero-order valence-electron chi connectivity index (χ0n) is 5.78. The Morgan fingerprint density at radius 3 is 1.46 bits per heavy atom. The molecule has 0 heterocycles. The molecule has 0 radical (unpaired) electrons. The van der Waals surface area contributed by atoms with Gasteiger partial charge in [-0.1, -0.05) is 11.1 Å². The van der Waals surface area contributed by atoms with Gasteiger partial charge in [-0.25, -0.2) is 0 Å². The number of rotatable bonds is 2. The van der Waals surface area contributed by atoms with Gasteiger partial charge in [0.1, 0.15) is 0 Å². The lowest BCUT2D eigenvalue weighted by Gasteiger charge is -2.23. The summed E-state index contributed by atoms with van der Waals surface area (Å²) in [5, 5.41) is 0. The van der Waals surface area contributed by atoms with Crippen LogP contribution in [0.1, 0.15) is 0 Å². The summed E-state index contributed by atoms with van der Waals surface area (Å²) < 4.78 is 88.9. The van der Waals surface area contributed by atoms with Crippen LogP contribution in [0.2, 0.25) is 0 Å². The van der Waals surface area contributed by atoms with Gasteiger partial charge < -0.3 is 4.55 Å². The van der Waals surface area contributed by atoms with Crippen molar-refractivity contribution in [2.24, 2.45) is 5.92 Å². The molecule has 1 atom stereocenters. The second-order valence-corrected chi connectivity index (χ2v) is 3.05. The van der Waals surface area contributed by atoms with Crippen LogP contribution in [0.25, 0.3) is 0 Å². The van der Waals surface area contributed by atoms with E-state index in [4.69, 9.17) is 0 Å². The van der Waals surface area contributed by atoms with Gasteiger partial charge in [0, 0.05) is 5.75 Å². The molecular weight excluding hydrogens is 226 g/mol. The Balaban J connectivity index is 4.68. The van der Waals surface area contributed by atoms with Crippen molar-refractivity contribution >= 4 is 11.1 Å². The standard InChI is InChI=1S/C4H4F6O2S/c5-3(6,7)2(1-13(11)12)4(8,9)10/h2H,1H2,(H,11,12)/p-1. The highest BCUT2D eigenvalue weighted by atomic mass is 32.2. The van der Waals surface area contributed by atoms with Crippen LogP contribution in [-0.2, 0) is 11.1 Å². The SMILES string of the molecule is O=S([O-])CC(C(F)(F)F)C(F)(F)F. The second kappa shape index (κ2) is 3.82. The molecule has 80 valence electrons. The van der Waals surface area contributed by atoms with Crippen molar-refractivity contribution in [2.45, 2.75) is 12.4 Å². The molecule has 1 unspecified atom stereocenters. The average molecular weight is 229 g/mol. The first-order valence-electron chi connectivity index (χ1n) is 2.74. The third-order valence-corrected chi connectivity index (χ3v) is 1.70. The summed E-state index contributed by atoms with van der Waals surface area (Å²) in [6, 6.07) is 0. The molecule has 0 aromatic rings. The molecule has 13 heavy (non-hydrogen) atoms. The highest BCUT2D eigenvalue weighted by Gasteiger charge is 2.56. The summed E-state index contributed by atoms with van der Waals surface area (Å²) in [6.45, 7) is 0. The summed E-state index contributed by atoms with van der Waals surface area (Å²) in [7, 11) is 0. The van der Waals surface area contributed by atoms with Crippen LogP contribution in [0.3, 0.4) is 0 Å². The predicted octanol–water partition coefficient (Wildman–Crippen LogP) is 1.61. The van der Waals surface area contributed by atoms with E-state index in [9.17, 15) is 35.1 Å². The molecule has 0 saturated carbocycles. The Labute approximate surface area is 71.2 Å². The molecule has 0 aromatic carbocycles. The van der Waals surface area contributed by atoms with Gasteiger partial charge in [-0.05, 0) is 0 Å². The van der Waals surface area contributed by atoms with Crippen LogP contribution in [0.4, 0.5) is 26.3 Å². The lowest BCUT2D eigenvalue weighted by molar-refractivity contribution is -0.276. The minimum Gasteiger partial charge on any atom is -0.772 e. The third kappa shape index (κ3) is 4.46. The van der Waals surface area contributed by atoms with Gasteiger partial charge in [-0.15, -0.1) is 0 Å². The molecule has 0 N–H and O–H groups in total. The van der Waals surface area contributed by atoms with E-state index >= 15 is 0 Å². The Kier molecular flexibility index (Phi) is 3.73. The van der Waals surface area contributed by atoms with Crippen LogP contribution in [0.15, 0.2) is 0 Å². The number of hydrogen-bond acceptors (Lipinski definition) is 2. The zero-order chi connectivity index (χ0) is 10.9. The molecule has 0 rings (SSSR count). The fourth-order valence-electron chi connectivity index (χ4n) is 0.511. The lowest BCUT2D eigenvalue weighted by Crippen LogP contribution is -2.40. The van der Waals surface area contributed by atoms with Crippen molar-refractivity contribution in [3.63, 3.8) is 0 Å². The lowest BCUT2D eigenvalue weighted by atomic mass is 10.1. The van der Waals surface area contributed by atoms with E-state index in [0.717, 1.165) is 0 Å². The molecule has 0 saturated heterocycles. The summed E-state index contributed by atoms with van der Waals surface area (Å²) >= 11 is -3.38. The van der Waals surface area contributed by atoms with Gasteiger partial charge in [0.2, 0.25) is 0 Å². The van der Waals surface area contributed by atoms with E-state index in [-0.39, 0.29) is 0 Å². The van der Waals surface area contributed by atoms with Crippen LogP contribution >= 0.6 is 0 Å². The maximum Gasteiger partial charge on any atom is 0.401 e. The van der Waals surface area contributed by atoms with E-state index in [1.807, 2.05) is 0 Å². The molecule has 0 aliphatic carbocycles. The van der Waals surface area contributed by atoms with E-state index in [2.05, 4.69) is 0 Å². The van der Waals surface area contributed by atoms with Crippen molar-refractivity contribution < 1.29 is 35.1 Å². The highest BCUT2D eigenvalue weighted by molar-refractivity contribution is 7.79. The normalized spacial score (nSPS) is 16.3. The van der Waals surface area contributed by atoms with E-state index in [1.165, 1.54) is 0 Å². The van der Waals surface area contributed by atoms with Crippen LogP contribution < -0.4 is 0 Å². The van der Waals surface area contributed by atoms with Gasteiger partial charge in [0.25, 0.3) is 0 Å². The van der Waals surface area contributed by atoms with Crippen LogP contribution in [-0.4, -0.2) is 26.9 Å². The van der Waals surface area contributed by atoms with Gasteiger partial charge >= 0.3 is 12.4 Å². The molecule has 0 aliphatic rings. The Bertz CT molecular complexity index is 182. The first kappa shape index (κ1) is 12.7. The number of alkyl halides is 6. The minimum absolute atomic E-state index is 1.99. The van der Waals surface area contributed by atoms with Crippen molar-refractivity contribution in [1.29, 1.82) is 0 Å². The van der Waals surface area contributed by atoms with E-state index in [0.29, 0.717) is 0 Å². The molecule has 2 nitrogen and oxygen atoms in total. The average Bonchev–Trinajstić information content (AvgIpc) is 1.77. The monoisotopic (exact) mass is 229 g/mol. The maximum absolute atomic E-state index is 11.6. The predicted molar refractivity (Wildman–Crippen MR) is 29.4 cm³/mol. The molecule has 0 aliphatic heterocycles. The number of hydrogen-bond donors (Lipinski definition) is 0.